The maximum atomic E-state index is 11.3. The smallest absolute Gasteiger partial charge is 0.267 e. The predicted molar refractivity (Wildman–Crippen MR) is 81.7 cm³/mol. The molecule has 0 aliphatic carbocycles. The minimum atomic E-state index is -0.473. The molecule has 20 heavy (non-hydrogen) atoms. The van der Waals surface area contributed by atoms with Crippen LogP contribution in [0.4, 0.5) is 0 Å². The van der Waals surface area contributed by atoms with Gasteiger partial charge >= 0.3 is 0 Å². The normalized spacial score (nSPS) is 12.7. The number of nitrogens with two attached hydrogens (primary N) is 1. The van der Waals surface area contributed by atoms with Gasteiger partial charge in [0.05, 0.1) is 0 Å². The molecule has 0 aliphatic heterocycles. The number of fused-ring (bicyclic) bond motifs is 1. The van der Waals surface area contributed by atoms with E-state index in [-0.39, 0.29) is 0 Å². The van der Waals surface area contributed by atoms with E-state index < -0.39 is 5.91 Å². The molecular formula is C16H23N3O. The molecular weight excluding hydrogens is 250 g/mol. The van der Waals surface area contributed by atoms with Gasteiger partial charge in [-0.15, -0.1) is 0 Å². The van der Waals surface area contributed by atoms with Crippen LogP contribution in [-0.2, 0) is 0 Å². The van der Waals surface area contributed by atoms with E-state index >= 15 is 0 Å². The van der Waals surface area contributed by atoms with Gasteiger partial charge in [-0.3, -0.25) is 4.79 Å². The minimum absolute atomic E-state index is 0.334. The second kappa shape index (κ2) is 6.55. The average molecular weight is 273 g/mol. The van der Waals surface area contributed by atoms with Crippen LogP contribution in [0.2, 0.25) is 0 Å². The second-order valence-corrected chi connectivity index (χ2v) is 5.25. The summed E-state index contributed by atoms with van der Waals surface area (Å²) in [5.41, 5.74) is 6.52. The summed E-state index contributed by atoms with van der Waals surface area (Å²) in [6, 6.07) is 6.09. The number of primary amides is 1. The molecule has 2 N–H and O–H groups in total. The van der Waals surface area contributed by atoms with Gasteiger partial charge in [0.25, 0.3) is 5.91 Å². The number of pyridine rings is 1. The monoisotopic (exact) mass is 273 g/mol. The van der Waals surface area contributed by atoms with Crippen LogP contribution in [0.25, 0.3) is 11.0 Å². The number of carbonyl (C=O) groups is 1. The molecule has 0 bridgehead atoms. The molecule has 1 unspecified atom stereocenters. The van der Waals surface area contributed by atoms with Crippen molar-refractivity contribution in [3.63, 3.8) is 0 Å². The Kier molecular flexibility index (Phi) is 4.77. The van der Waals surface area contributed by atoms with Gasteiger partial charge in [0.2, 0.25) is 0 Å². The molecule has 108 valence electrons. The zero-order valence-corrected chi connectivity index (χ0v) is 12.3. The largest absolute Gasteiger partial charge is 0.364 e. The highest BCUT2D eigenvalue weighted by molar-refractivity contribution is 5.93. The fourth-order valence-electron chi connectivity index (χ4n) is 2.63. The Morgan fingerprint density at radius 2 is 2.10 bits per heavy atom. The molecule has 0 aromatic carbocycles. The molecule has 0 saturated carbocycles. The quantitative estimate of drug-likeness (QED) is 0.782. The van der Waals surface area contributed by atoms with E-state index in [1.165, 1.54) is 19.3 Å². The fourth-order valence-corrected chi connectivity index (χ4v) is 2.63. The van der Waals surface area contributed by atoms with Crippen LogP contribution in [0, 0.1) is 0 Å². The van der Waals surface area contributed by atoms with Crippen molar-refractivity contribution in [2.75, 3.05) is 0 Å². The number of amides is 1. The summed E-state index contributed by atoms with van der Waals surface area (Å²) in [5, 5.41) is 1.06. The molecule has 4 heteroatoms. The van der Waals surface area contributed by atoms with Crippen molar-refractivity contribution in [2.45, 2.75) is 52.0 Å². The van der Waals surface area contributed by atoms with Gasteiger partial charge in [-0.1, -0.05) is 33.1 Å². The first-order valence-electron chi connectivity index (χ1n) is 7.44. The molecule has 2 rings (SSSR count). The molecule has 0 saturated heterocycles. The van der Waals surface area contributed by atoms with Crippen molar-refractivity contribution in [3.8, 4) is 0 Å². The predicted octanol–water partition coefficient (Wildman–Crippen LogP) is 3.67. The highest BCUT2D eigenvalue weighted by Crippen LogP contribution is 2.25. The molecule has 0 fully saturated rings. The Morgan fingerprint density at radius 1 is 1.30 bits per heavy atom. The van der Waals surface area contributed by atoms with Gasteiger partial charge in [0, 0.05) is 17.6 Å². The first kappa shape index (κ1) is 14.6. The number of nitrogens with zero attached hydrogens (tertiary/aromatic N) is 2. The minimum Gasteiger partial charge on any atom is -0.364 e. The van der Waals surface area contributed by atoms with Crippen LogP contribution >= 0.6 is 0 Å². The van der Waals surface area contributed by atoms with Crippen molar-refractivity contribution >= 4 is 16.9 Å². The summed E-state index contributed by atoms with van der Waals surface area (Å²) >= 11 is 0. The van der Waals surface area contributed by atoms with E-state index in [2.05, 4.69) is 35.7 Å². The van der Waals surface area contributed by atoms with E-state index in [1.807, 2.05) is 6.07 Å². The van der Waals surface area contributed by atoms with Gasteiger partial charge in [-0.25, -0.2) is 4.98 Å². The third kappa shape index (κ3) is 3.00. The number of hydrogen-bond acceptors (Lipinski definition) is 2. The lowest BCUT2D eigenvalue weighted by Gasteiger charge is -2.18. The highest BCUT2D eigenvalue weighted by Gasteiger charge is 2.13. The lowest BCUT2D eigenvalue weighted by Crippen LogP contribution is -2.14. The molecule has 2 heterocycles. The zero-order valence-electron chi connectivity index (χ0n) is 12.3. The van der Waals surface area contributed by atoms with Crippen LogP contribution in [0.3, 0.4) is 0 Å². The lowest BCUT2D eigenvalue weighted by molar-refractivity contribution is 0.0996. The van der Waals surface area contributed by atoms with E-state index in [9.17, 15) is 4.79 Å². The van der Waals surface area contributed by atoms with Crippen LogP contribution in [0.15, 0.2) is 24.4 Å². The summed E-state index contributed by atoms with van der Waals surface area (Å²) in [7, 11) is 0. The third-order valence-corrected chi connectivity index (χ3v) is 3.82. The molecule has 4 nitrogen and oxygen atoms in total. The summed E-state index contributed by atoms with van der Waals surface area (Å²) < 4.78 is 2.19. The van der Waals surface area contributed by atoms with Gasteiger partial charge in [-0.05, 0) is 31.0 Å². The maximum Gasteiger partial charge on any atom is 0.267 e. The number of hydrogen-bond donors (Lipinski definition) is 1. The highest BCUT2D eigenvalue weighted by atomic mass is 16.1. The Labute approximate surface area is 120 Å². The zero-order chi connectivity index (χ0) is 14.5. The molecule has 2 aromatic rings. The average Bonchev–Trinajstić information content (AvgIpc) is 2.86. The SMILES string of the molecule is CCCCCC(CC)n1ccc2ccc(C(N)=O)nc21. The van der Waals surface area contributed by atoms with Gasteiger partial charge < -0.3 is 10.3 Å². The van der Waals surface area contributed by atoms with Crippen molar-refractivity contribution in [3.05, 3.63) is 30.1 Å². The maximum absolute atomic E-state index is 11.3. The fraction of sp³-hybridized carbons (Fsp3) is 0.500. The Balaban J connectivity index is 2.31. The van der Waals surface area contributed by atoms with Crippen molar-refractivity contribution in [1.82, 2.24) is 9.55 Å². The molecule has 1 atom stereocenters. The molecule has 2 aromatic heterocycles. The van der Waals surface area contributed by atoms with E-state index in [4.69, 9.17) is 5.73 Å². The van der Waals surface area contributed by atoms with E-state index in [1.54, 1.807) is 6.07 Å². The lowest BCUT2D eigenvalue weighted by atomic mass is 10.1. The standard InChI is InChI=1S/C16H23N3O/c1-3-5-6-7-13(4-2)19-11-10-12-8-9-14(15(17)20)18-16(12)19/h8-11,13H,3-7H2,1-2H3,(H2,17,20). The Morgan fingerprint density at radius 3 is 2.75 bits per heavy atom. The summed E-state index contributed by atoms with van der Waals surface area (Å²) in [5.74, 6) is -0.473. The third-order valence-electron chi connectivity index (χ3n) is 3.82. The van der Waals surface area contributed by atoms with Gasteiger partial charge in [0.15, 0.2) is 0 Å². The summed E-state index contributed by atoms with van der Waals surface area (Å²) in [6.07, 6.45) is 8.00. The Bertz CT molecular complexity index is 588. The van der Waals surface area contributed by atoms with E-state index in [0.717, 1.165) is 23.9 Å². The van der Waals surface area contributed by atoms with E-state index in [0.29, 0.717) is 11.7 Å². The van der Waals surface area contributed by atoms with Crippen LogP contribution in [-0.4, -0.2) is 15.5 Å². The number of carbonyl (C=O) groups excluding carboxylic acids is 1. The Hall–Kier alpha value is -1.84. The molecule has 0 radical (unpaired) electrons. The first-order chi connectivity index (χ1) is 9.67. The number of unbranched alkanes of at least 4 members (excludes halogenated alkanes) is 2. The number of rotatable bonds is 7. The number of aromatic nitrogens is 2. The van der Waals surface area contributed by atoms with Crippen molar-refractivity contribution < 1.29 is 4.79 Å². The summed E-state index contributed by atoms with van der Waals surface area (Å²) in [4.78, 5) is 15.7. The van der Waals surface area contributed by atoms with Crippen molar-refractivity contribution in [1.29, 1.82) is 0 Å². The molecule has 0 aliphatic rings. The van der Waals surface area contributed by atoms with Crippen LogP contribution in [0.5, 0.6) is 0 Å². The van der Waals surface area contributed by atoms with Crippen molar-refractivity contribution in [2.24, 2.45) is 5.73 Å². The summed E-state index contributed by atoms with van der Waals surface area (Å²) in [6.45, 7) is 4.41. The van der Waals surface area contributed by atoms with Gasteiger partial charge in [-0.2, -0.15) is 0 Å². The van der Waals surface area contributed by atoms with Gasteiger partial charge in [0.1, 0.15) is 11.3 Å². The van der Waals surface area contributed by atoms with Crippen LogP contribution < -0.4 is 5.73 Å². The van der Waals surface area contributed by atoms with Crippen LogP contribution in [0.1, 0.15) is 62.5 Å². The second-order valence-electron chi connectivity index (χ2n) is 5.25. The first-order valence-corrected chi connectivity index (χ1v) is 7.44. The molecule has 0 spiro atoms. The topological polar surface area (TPSA) is 60.9 Å². The molecule has 1 amide bonds.